The van der Waals surface area contributed by atoms with Crippen LogP contribution in [0.5, 0.6) is 5.75 Å². The number of halogens is 4. The molecule has 0 aliphatic carbocycles. The number of benzene rings is 1. The molecule has 1 aromatic carbocycles. The third-order valence-electron chi connectivity index (χ3n) is 1.36. The molecule has 0 amide bonds. The van der Waals surface area contributed by atoms with E-state index in [-0.39, 0.29) is 15.8 Å². The Morgan fingerprint density at radius 2 is 1.64 bits per heavy atom. The van der Waals surface area contributed by atoms with Gasteiger partial charge in [-0.25, -0.2) is 0 Å². The standard InChI is InChI=1S/C7H6BrF3N2O/c8-3-1-4(12)5(13)2-6(3)14-7(9,10)11/h1-2H,12-13H2. The van der Waals surface area contributed by atoms with Crippen molar-refractivity contribution < 1.29 is 17.9 Å². The van der Waals surface area contributed by atoms with Gasteiger partial charge in [0.05, 0.1) is 15.8 Å². The van der Waals surface area contributed by atoms with Crippen molar-refractivity contribution in [3.8, 4) is 5.75 Å². The highest BCUT2D eigenvalue weighted by molar-refractivity contribution is 9.10. The van der Waals surface area contributed by atoms with E-state index in [9.17, 15) is 13.2 Å². The molecule has 0 fully saturated rings. The quantitative estimate of drug-likeness (QED) is 0.771. The Hall–Kier alpha value is -1.11. The van der Waals surface area contributed by atoms with E-state index in [2.05, 4.69) is 20.7 Å². The number of alkyl halides is 3. The number of hydrogen-bond donors (Lipinski definition) is 2. The lowest BCUT2D eigenvalue weighted by atomic mass is 10.2. The number of nitrogen functional groups attached to an aromatic ring is 2. The Kier molecular flexibility index (Phi) is 2.79. The molecule has 3 nitrogen and oxygen atoms in total. The molecule has 0 radical (unpaired) electrons. The molecule has 0 saturated heterocycles. The number of hydrogen-bond acceptors (Lipinski definition) is 3. The summed E-state index contributed by atoms with van der Waals surface area (Å²) >= 11 is 2.87. The monoisotopic (exact) mass is 270 g/mol. The second-order valence-corrected chi connectivity index (χ2v) is 3.31. The lowest BCUT2D eigenvalue weighted by molar-refractivity contribution is -0.274. The Labute approximate surface area is 86.0 Å². The molecule has 0 atom stereocenters. The first-order valence-electron chi connectivity index (χ1n) is 3.40. The minimum absolute atomic E-state index is 0.0347. The largest absolute Gasteiger partial charge is 0.573 e. The van der Waals surface area contributed by atoms with Crippen LogP contribution in [0.4, 0.5) is 24.5 Å². The van der Waals surface area contributed by atoms with E-state index in [0.29, 0.717) is 0 Å². The third-order valence-corrected chi connectivity index (χ3v) is 1.98. The van der Waals surface area contributed by atoms with Crippen LogP contribution in [-0.4, -0.2) is 6.36 Å². The van der Waals surface area contributed by atoms with Crippen LogP contribution in [0, 0.1) is 0 Å². The lowest BCUT2D eigenvalue weighted by Crippen LogP contribution is -2.17. The Morgan fingerprint density at radius 1 is 1.14 bits per heavy atom. The number of anilines is 2. The van der Waals surface area contributed by atoms with Crippen molar-refractivity contribution in [3.63, 3.8) is 0 Å². The second kappa shape index (κ2) is 3.56. The van der Waals surface area contributed by atoms with Crippen molar-refractivity contribution in [2.45, 2.75) is 6.36 Å². The summed E-state index contributed by atoms with van der Waals surface area (Å²) in [6, 6.07) is 2.25. The smallest absolute Gasteiger partial charge is 0.405 e. The average molecular weight is 271 g/mol. The molecule has 0 saturated carbocycles. The highest BCUT2D eigenvalue weighted by Gasteiger charge is 2.32. The van der Waals surface area contributed by atoms with Gasteiger partial charge >= 0.3 is 6.36 Å². The number of rotatable bonds is 1. The minimum Gasteiger partial charge on any atom is -0.405 e. The highest BCUT2D eigenvalue weighted by atomic mass is 79.9. The maximum absolute atomic E-state index is 11.8. The zero-order valence-electron chi connectivity index (χ0n) is 6.73. The first kappa shape index (κ1) is 11.0. The molecular weight excluding hydrogens is 265 g/mol. The first-order valence-corrected chi connectivity index (χ1v) is 4.19. The molecule has 0 aromatic heterocycles. The van der Waals surface area contributed by atoms with Gasteiger partial charge in [-0.15, -0.1) is 13.2 Å². The first-order chi connectivity index (χ1) is 6.29. The van der Waals surface area contributed by atoms with Crippen molar-refractivity contribution in [2.24, 2.45) is 0 Å². The van der Waals surface area contributed by atoms with Crippen molar-refractivity contribution >= 4 is 27.3 Å². The Morgan fingerprint density at radius 3 is 2.14 bits per heavy atom. The summed E-state index contributed by atoms with van der Waals surface area (Å²) in [7, 11) is 0. The van der Waals surface area contributed by atoms with Crippen LogP contribution in [0.15, 0.2) is 16.6 Å². The van der Waals surface area contributed by atoms with E-state index in [1.165, 1.54) is 6.07 Å². The normalized spacial score (nSPS) is 11.4. The molecule has 0 spiro atoms. The summed E-state index contributed by atoms with van der Waals surface area (Å²) in [5.74, 6) is -0.413. The SMILES string of the molecule is Nc1cc(Br)c(OC(F)(F)F)cc1N. The van der Waals surface area contributed by atoms with Gasteiger partial charge in [-0.05, 0) is 22.0 Å². The van der Waals surface area contributed by atoms with Gasteiger partial charge < -0.3 is 16.2 Å². The van der Waals surface area contributed by atoms with Crippen LogP contribution >= 0.6 is 15.9 Å². The van der Waals surface area contributed by atoms with E-state index in [1.807, 2.05) is 0 Å². The van der Waals surface area contributed by atoms with Crippen LogP contribution in [-0.2, 0) is 0 Å². The van der Waals surface area contributed by atoms with Crippen LogP contribution in [0.25, 0.3) is 0 Å². The molecule has 0 heterocycles. The lowest BCUT2D eigenvalue weighted by Gasteiger charge is -2.11. The zero-order valence-corrected chi connectivity index (χ0v) is 8.32. The van der Waals surface area contributed by atoms with Crippen molar-refractivity contribution in [1.29, 1.82) is 0 Å². The topological polar surface area (TPSA) is 61.3 Å². The third kappa shape index (κ3) is 2.69. The summed E-state index contributed by atoms with van der Waals surface area (Å²) < 4.78 is 39.3. The molecule has 0 aliphatic rings. The molecule has 0 aliphatic heterocycles. The van der Waals surface area contributed by atoms with Crippen LogP contribution in [0.1, 0.15) is 0 Å². The molecular formula is C7H6BrF3N2O. The zero-order chi connectivity index (χ0) is 10.9. The summed E-state index contributed by atoms with van der Waals surface area (Å²) in [4.78, 5) is 0. The van der Waals surface area contributed by atoms with E-state index in [1.54, 1.807) is 0 Å². The maximum Gasteiger partial charge on any atom is 0.573 e. The van der Waals surface area contributed by atoms with Crippen molar-refractivity contribution in [2.75, 3.05) is 11.5 Å². The van der Waals surface area contributed by atoms with E-state index in [4.69, 9.17) is 11.5 Å². The van der Waals surface area contributed by atoms with Gasteiger partial charge in [0.25, 0.3) is 0 Å². The Bertz CT molecular complexity index is 354. The molecule has 0 bridgehead atoms. The van der Waals surface area contributed by atoms with E-state index >= 15 is 0 Å². The van der Waals surface area contributed by atoms with Gasteiger partial charge in [-0.1, -0.05) is 0 Å². The van der Waals surface area contributed by atoms with Gasteiger partial charge in [0.1, 0.15) is 5.75 Å². The summed E-state index contributed by atoms with van der Waals surface area (Å²) in [5.41, 5.74) is 10.9. The highest BCUT2D eigenvalue weighted by Crippen LogP contribution is 2.34. The Balaban J connectivity index is 3.04. The molecule has 0 unspecified atom stereocenters. The summed E-state index contributed by atoms with van der Waals surface area (Å²) in [5, 5.41) is 0. The van der Waals surface area contributed by atoms with Gasteiger partial charge in [0.2, 0.25) is 0 Å². The summed E-state index contributed by atoms with van der Waals surface area (Å²) in [6.07, 6.45) is -4.74. The maximum atomic E-state index is 11.8. The predicted octanol–water partition coefficient (Wildman–Crippen LogP) is 2.51. The molecule has 7 heteroatoms. The van der Waals surface area contributed by atoms with Gasteiger partial charge in [0.15, 0.2) is 0 Å². The van der Waals surface area contributed by atoms with Crippen LogP contribution in [0.2, 0.25) is 0 Å². The molecule has 4 N–H and O–H groups in total. The van der Waals surface area contributed by atoms with E-state index < -0.39 is 12.1 Å². The fourth-order valence-corrected chi connectivity index (χ4v) is 1.23. The van der Waals surface area contributed by atoms with Gasteiger partial charge in [0, 0.05) is 6.07 Å². The van der Waals surface area contributed by atoms with Gasteiger partial charge in [-0.3, -0.25) is 0 Å². The second-order valence-electron chi connectivity index (χ2n) is 2.46. The predicted molar refractivity (Wildman–Crippen MR) is 49.6 cm³/mol. The van der Waals surface area contributed by atoms with Crippen molar-refractivity contribution in [3.05, 3.63) is 16.6 Å². The molecule has 1 aromatic rings. The van der Waals surface area contributed by atoms with Crippen molar-refractivity contribution in [1.82, 2.24) is 0 Å². The fraction of sp³-hybridized carbons (Fsp3) is 0.143. The number of nitrogens with two attached hydrogens (primary N) is 2. The molecule has 14 heavy (non-hydrogen) atoms. The van der Waals surface area contributed by atoms with Gasteiger partial charge in [-0.2, -0.15) is 0 Å². The van der Waals surface area contributed by atoms with Crippen LogP contribution < -0.4 is 16.2 Å². The minimum atomic E-state index is -4.74. The van der Waals surface area contributed by atoms with Crippen LogP contribution in [0.3, 0.4) is 0 Å². The fourth-order valence-electron chi connectivity index (χ4n) is 0.787. The van der Waals surface area contributed by atoms with E-state index in [0.717, 1.165) is 6.07 Å². The number of ether oxygens (including phenoxy) is 1. The molecule has 78 valence electrons. The summed E-state index contributed by atoms with van der Waals surface area (Å²) in [6.45, 7) is 0. The molecule has 1 rings (SSSR count). The average Bonchev–Trinajstić information content (AvgIpc) is 1.97.